The first-order chi connectivity index (χ1) is 14.4. The van der Waals surface area contributed by atoms with E-state index in [0.29, 0.717) is 11.8 Å². The number of hydrogen-bond donors (Lipinski definition) is 2. The number of nitrogens with two attached hydrogens (primary N) is 1. The minimum atomic E-state index is -4.47. The highest BCUT2D eigenvalue weighted by molar-refractivity contribution is 5.85. The molecule has 0 bridgehead atoms. The van der Waals surface area contributed by atoms with Crippen LogP contribution < -0.4 is 10.3 Å². The van der Waals surface area contributed by atoms with Gasteiger partial charge in [-0.15, -0.1) is 0 Å². The summed E-state index contributed by atoms with van der Waals surface area (Å²) in [6.07, 6.45) is 2.34. The Bertz CT molecular complexity index is 1090. The molecule has 1 aromatic carbocycles. The normalized spacial score (nSPS) is 20.4. The third-order valence-corrected chi connectivity index (χ3v) is 6.63. The van der Waals surface area contributed by atoms with Crippen LogP contribution in [0.2, 0.25) is 0 Å². The standard InChI is InChI=1S/C22H23F3N4O/c23-22(24,25)19-11-17-20(26)29(12-27-21(17)28-19)18-3-1-2-14-4-5-15(10-16(14)18)13-6-8-30-9-7-13/h1-3,11-13,15H,4-10H2,(H2,26,28)/p+1/t15-/m0/s1. The third kappa shape index (κ3) is 3.33. The number of rotatable bonds is 2. The van der Waals surface area contributed by atoms with Gasteiger partial charge in [-0.2, -0.15) is 13.2 Å². The molecule has 2 aliphatic rings. The summed E-state index contributed by atoms with van der Waals surface area (Å²) in [6.45, 7) is 1.65. The lowest BCUT2D eigenvalue weighted by molar-refractivity contribution is -0.582. The van der Waals surface area contributed by atoms with E-state index in [-0.39, 0.29) is 16.9 Å². The summed E-state index contributed by atoms with van der Waals surface area (Å²) in [7, 11) is 0. The van der Waals surface area contributed by atoms with Crippen LogP contribution in [0.5, 0.6) is 0 Å². The van der Waals surface area contributed by atoms with Gasteiger partial charge in [0.15, 0.2) is 0 Å². The number of nitrogens with zero attached hydrogens (tertiary/aromatic N) is 2. The molecule has 1 fully saturated rings. The average Bonchev–Trinajstić information content (AvgIpc) is 3.20. The molecule has 0 saturated carbocycles. The highest BCUT2D eigenvalue weighted by Gasteiger charge is 2.35. The molecule has 5 nitrogen and oxygen atoms in total. The van der Waals surface area contributed by atoms with Crippen molar-refractivity contribution in [3.05, 3.63) is 47.4 Å². The number of nitrogen functional groups attached to an aromatic ring is 1. The monoisotopic (exact) mass is 417 g/mol. The first-order valence-corrected chi connectivity index (χ1v) is 10.4. The molecule has 8 heteroatoms. The van der Waals surface area contributed by atoms with E-state index in [1.807, 2.05) is 12.1 Å². The molecular weight excluding hydrogens is 393 g/mol. The Morgan fingerprint density at radius 3 is 2.70 bits per heavy atom. The third-order valence-electron chi connectivity index (χ3n) is 6.63. The smallest absolute Gasteiger partial charge is 0.381 e. The van der Waals surface area contributed by atoms with Crippen molar-refractivity contribution in [2.75, 3.05) is 18.9 Å². The quantitative estimate of drug-likeness (QED) is 0.620. The van der Waals surface area contributed by atoms with E-state index >= 15 is 0 Å². The molecule has 1 aliphatic carbocycles. The lowest BCUT2D eigenvalue weighted by atomic mass is 9.74. The van der Waals surface area contributed by atoms with Gasteiger partial charge in [0.05, 0.1) is 0 Å². The van der Waals surface area contributed by atoms with Gasteiger partial charge in [-0.1, -0.05) is 17.1 Å². The fourth-order valence-electron chi connectivity index (χ4n) is 5.00. The number of aromatic nitrogens is 3. The molecule has 5 rings (SSSR count). The molecule has 3 N–H and O–H groups in total. The number of alkyl halides is 3. The van der Waals surface area contributed by atoms with Crippen molar-refractivity contribution in [3.8, 4) is 5.69 Å². The van der Waals surface area contributed by atoms with Crippen molar-refractivity contribution in [3.63, 3.8) is 0 Å². The summed E-state index contributed by atoms with van der Waals surface area (Å²) in [5, 5.41) is 0.277. The van der Waals surface area contributed by atoms with Crippen LogP contribution in [0.25, 0.3) is 16.7 Å². The van der Waals surface area contributed by atoms with E-state index in [9.17, 15) is 13.2 Å². The molecule has 0 radical (unpaired) electrons. The molecule has 0 amide bonds. The Kier molecular flexibility index (Phi) is 4.69. The van der Waals surface area contributed by atoms with Gasteiger partial charge in [0.2, 0.25) is 17.8 Å². The minimum Gasteiger partial charge on any atom is -0.381 e. The Labute approximate surface area is 172 Å². The number of fused-ring (bicyclic) bond motifs is 2. The number of ether oxygens (including phenoxy) is 1. The van der Waals surface area contributed by atoms with Crippen LogP contribution in [0.15, 0.2) is 30.6 Å². The van der Waals surface area contributed by atoms with Gasteiger partial charge in [0, 0.05) is 13.2 Å². The molecule has 0 unspecified atom stereocenters. The van der Waals surface area contributed by atoms with Gasteiger partial charge in [-0.05, 0) is 67.2 Å². The summed E-state index contributed by atoms with van der Waals surface area (Å²) in [4.78, 5) is 6.55. The molecule has 3 heterocycles. The lowest BCUT2D eigenvalue weighted by Gasteiger charge is -2.34. The highest BCUT2D eigenvalue weighted by Crippen LogP contribution is 2.37. The number of halogens is 3. The van der Waals surface area contributed by atoms with Crippen molar-refractivity contribution in [1.29, 1.82) is 0 Å². The summed E-state index contributed by atoms with van der Waals surface area (Å²) >= 11 is 0. The fraction of sp³-hybridized carbons (Fsp3) is 0.455. The van der Waals surface area contributed by atoms with E-state index in [4.69, 9.17) is 10.5 Å². The Morgan fingerprint density at radius 1 is 1.13 bits per heavy atom. The second-order valence-electron chi connectivity index (χ2n) is 8.31. The summed E-state index contributed by atoms with van der Waals surface area (Å²) in [5.41, 5.74) is 9.05. The van der Waals surface area contributed by atoms with Crippen molar-refractivity contribution in [2.24, 2.45) is 11.8 Å². The zero-order valence-corrected chi connectivity index (χ0v) is 16.5. The predicted molar refractivity (Wildman–Crippen MR) is 106 cm³/mol. The predicted octanol–water partition coefficient (Wildman–Crippen LogP) is 3.97. The number of benzene rings is 1. The van der Waals surface area contributed by atoms with Gasteiger partial charge in [0.1, 0.15) is 16.8 Å². The second-order valence-corrected chi connectivity index (χ2v) is 8.31. The second kappa shape index (κ2) is 7.27. The van der Waals surface area contributed by atoms with E-state index in [0.717, 1.165) is 57.1 Å². The van der Waals surface area contributed by atoms with E-state index in [1.54, 1.807) is 4.57 Å². The van der Waals surface area contributed by atoms with Gasteiger partial charge in [0.25, 0.3) is 0 Å². The zero-order valence-electron chi connectivity index (χ0n) is 16.5. The summed E-state index contributed by atoms with van der Waals surface area (Å²) in [5.74, 6) is 1.50. The maximum Gasteiger partial charge on any atom is 0.431 e. The fourth-order valence-corrected chi connectivity index (χ4v) is 5.00. The number of H-pyrrole nitrogens is 1. The SMILES string of the molecule is Nc1c2cc(C(F)(F)F)[nH]c2nc[n+]1-c1cccc2c1C[C@@H](C1CCOCC1)CC2. The first kappa shape index (κ1) is 19.4. The van der Waals surface area contributed by atoms with Crippen molar-refractivity contribution < 1.29 is 22.5 Å². The largest absolute Gasteiger partial charge is 0.431 e. The Balaban J connectivity index is 1.55. The van der Waals surface area contributed by atoms with Gasteiger partial charge in [-0.3, -0.25) is 0 Å². The molecular formula is C22H24F3N4O+. The maximum atomic E-state index is 13.1. The molecule has 1 saturated heterocycles. The van der Waals surface area contributed by atoms with Crippen LogP contribution in [0.3, 0.4) is 0 Å². The van der Waals surface area contributed by atoms with Gasteiger partial charge >= 0.3 is 6.18 Å². The summed E-state index contributed by atoms with van der Waals surface area (Å²) in [6, 6.07) is 7.14. The molecule has 30 heavy (non-hydrogen) atoms. The lowest BCUT2D eigenvalue weighted by Crippen LogP contribution is -2.38. The maximum absolute atomic E-state index is 13.1. The zero-order chi connectivity index (χ0) is 20.9. The van der Waals surface area contributed by atoms with Crippen molar-refractivity contribution in [2.45, 2.75) is 38.3 Å². The van der Waals surface area contributed by atoms with Gasteiger partial charge < -0.3 is 15.5 Å². The number of aromatic amines is 1. The number of hydrogen-bond acceptors (Lipinski definition) is 3. The molecule has 3 aromatic rings. The van der Waals surface area contributed by atoms with Crippen LogP contribution >= 0.6 is 0 Å². The number of aryl methyl sites for hydroxylation is 1. The number of anilines is 1. The number of nitrogens with one attached hydrogen (secondary N) is 1. The van der Waals surface area contributed by atoms with Crippen LogP contribution in [0.4, 0.5) is 19.0 Å². The van der Waals surface area contributed by atoms with Gasteiger partial charge in [-0.25, -0.2) is 4.57 Å². The van der Waals surface area contributed by atoms with Crippen LogP contribution in [-0.2, 0) is 23.8 Å². The topological polar surface area (TPSA) is 67.8 Å². The average molecular weight is 417 g/mol. The highest BCUT2D eigenvalue weighted by atomic mass is 19.4. The molecule has 0 spiro atoms. The molecule has 1 aliphatic heterocycles. The van der Waals surface area contributed by atoms with Crippen LogP contribution in [0.1, 0.15) is 36.1 Å². The molecule has 1 atom stereocenters. The molecule has 158 valence electrons. The summed E-state index contributed by atoms with van der Waals surface area (Å²) < 4.78 is 46.6. The van der Waals surface area contributed by atoms with Crippen molar-refractivity contribution in [1.82, 2.24) is 9.97 Å². The Hall–Kier alpha value is -2.61. The van der Waals surface area contributed by atoms with E-state index < -0.39 is 11.9 Å². The Morgan fingerprint density at radius 2 is 1.93 bits per heavy atom. The van der Waals surface area contributed by atoms with E-state index in [1.165, 1.54) is 17.5 Å². The van der Waals surface area contributed by atoms with Crippen molar-refractivity contribution >= 4 is 16.9 Å². The molecule has 2 aromatic heterocycles. The minimum absolute atomic E-state index is 0.140. The van der Waals surface area contributed by atoms with Crippen LogP contribution in [0, 0.1) is 11.8 Å². The van der Waals surface area contributed by atoms with E-state index in [2.05, 4.69) is 16.0 Å². The van der Waals surface area contributed by atoms with Crippen LogP contribution in [-0.4, -0.2) is 23.2 Å². The first-order valence-electron chi connectivity index (χ1n) is 10.4.